The highest BCUT2D eigenvalue weighted by Crippen LogP contribution is 2.39. The second-order valence-electron chi connectivity index (χ2n) is 19.9. The van der Waals surface area contributed by atoms with Crippen molar-refractivity contribution in [2.45, 2.75) is 74.2 Å². The zero-order valence-corrected chi connectivity index (χ0v) is 49.9. The molecule has 23 nitrogen and oxygen atoms in total. The van der Waals surface area contributed by atoms with Gasteiger partial charge in [-0.25, -0.2) is 19.9 Å². The monoisotopic (exact) mass is 1410 g/mol. The van der Waals surface area contributed by atoms with Gasteiger partial charge in [0.05, 0.1) is 56.9 Å². The minimum Gasteiger partial charge on any atom is -0.384 e. The van der Waals surface area contributed by atoms with Crippen molar-refractivity contribution in [1.29, 1.82) is 0 Å². The van der Waals surface area contributed by atoms with Gasteiger partial charge in [-0.3, -0.25) is 52.6 Å². The van der Waals surface area contributed by atoms with Crippen LogP contribution in [0.4, 0.5) is 56.8 Å². The number of anilines is 3. The van der Waals surface area contributed by atoms with E-state index in [2.05, 4.69) is 72.7 Å². The normalized spacial score (nSPS) is 18.6. The number of aromatic amines is 1. The molecule has 0 atom stereocenters. The maximum atomic E-state index is 13.2. The number of hydrogen-bond acceptors (Lipinski definition) is 17. The number of nitrogens with zero attached hydrogens (tertiary/aromatic N) is 9. The molecule has 3 spiro atoms. The summed E-state index contributed by atoms with van der Waals surface area (Å²) < 4.78 is 126. The van der Waals surface area contributed by atoms with E-state index in [-0.39, 0.29) is 98.6 Å². The Morgan fingerprint density at radius 3 is 1.47 bits per heavy atom. The lowest BCUT2D eigenvalue weighted by Gasteiger charge is -2.40. The number of hydrogen-bond donors (Lipinski definition) is 6. The zero-order valence-electron chi connectivity index (χ0n) is 44.5. The third-order valence-corrected chi connectivity index (χ3v) is 15.9. The average Bonchev–Trinajstić information content (AvgIpc) is 1.58. The third kappa shape index (κ3) is 17.2. The van der Waals surface area contributed by atoms with Crippen LogP contribution in [-0.4, -0.2) is 163 Å². The summed E-state index contributed by atoms with van der Waals surface area (Å²) in [6, 6.07) is 7.21. The number of carbonyl (C=O) groups excluding carboxylic acids is 3. The van der Waals surface area contributed by atoms with Crippen molar-refractivity contribution < 1.29 is 63.4 Å². The van der Waals surface area contributed by atoms with E-state index in [0.29, 0.717) is 50.8 Å². The molecule has 86 heavy (non-hydrogen) atoms. The maximum Gasteiger partial charge on any atom is 0.401 e. The average molecular weight is 1420 g/mol. The number of likely N-dealkylation sites (tertiary alicyclic amines) is 3. The van der Waals surface area contributed by atoms with Crippen LogP contribution in [0, 0.1) is 0 Å². The van der Waals surface area contributed by atoms with E-state index in [9.17, 15) is 68.3 Å². The van der Waals surface area contributed by atoms with Crippen LogP contribution in [0.3, 0.4) is 0 Å². The van der Waals surface area contributed by atoms with Gasteiger partial charge in [0.1, 0.15) is 58.4 Å². The van der Waals surface area contributed by atoms with Gasteiger partial charge in [-0.15, -0.1) is 0 Å². The Morgan fingerprint density at radius 1 is 0.628 bits per heavy atom. The number of halogens is 14. The molecule has 3 amide bonds. The fraction of sp³-hybridized carbons (Fsp3) is 0.469. The molecule has 6 aliphatic rings. The predicted octanol–water partition coefficient (Wildman–Crippen LogP) is 6.74. The summed E-state index contributed by atoms with van der Waals surface area (Å²) in [6.07, 6.45) is -5.12. The van der Waals surface area contributed by atoms with Crippen LogP contribution in [0.15, 0.2) is 78.7 Å². The number of primary amides is 1. The fourth-order valence-electron chi connectivity index (χ4n) is 10.0. The lowest BCUT2D eigenvalue weighted by molar-refractivity contribution is -0.200. The topological polar surface area (TPSA) is 296 Å². The fourth-order valence-corrected chi connectivity index (χ4v) is 11.8. The Labute approximate surface area is 512 Å². The van der Waals surface area contributed by atoms with Crippen LogP contribution < -0.4 is 44.1 Å². The van der Waals surface area contributed by atoms with E-state index in [1.54, 1.807) is 18.3 Å². The first-order valence-corrected chi connectivity index (χ1v) is 28.2. The molecule has 4 saturated heterocycles. The first-order chi connectivity index (χ1) is 40.2. The highest BCUT2D eigenvalue weighted by Gasteiger charge is 2.50. The highest BCUT2D eigenvalue weighted by atomic mass is 79.9. The number of rotatable bonds is 6. The smallest absolute Gasteiger partial charge is 0.384 e. The summed E-state index contributed by atoms with van der Waals surface area (Å²) >= 11 is 24.0. The lowest BCUT2D eigenvalue weighted by atomic mass is 9.97. The molecule has 0 aliphatic carbocycles. The number of alkyl halides is 9. The Hall–Kier alpha value is -5.98. The van der Waals surface area contributed by atoms with Crippen molar-refractivity contribution in [3.8, 4) is 0 Å². The van der Waals surface area contributed by atoms with E-state index >= 15 is 0 Å². The van der Waals surface area contributed by atoms with E-state index in [1.165, 1.54) is 60.9 Å². The van der Waals surface area contributed by atoms with Crippen LogP contribution in [-0.2, 0) is 20.8 Å². The number of fused-ring (bicyclic) bond motifs is 4. The summed E-state index contributed by atoms with van der Waals surface area (Å²) in [7, 11) is 0. The minimum atomic E-state index is -4.31. The molecule has 8 N–H and O–H groups in total. The Balaban J connectivity index is 0.000000165. The van der Waals surface area contributed by atoms with E-state index in [0.717, 1.165) is 0 Å². The maximum absolute atomic E-state index is 13.2. The Morgan fingerprint density at radius 2 is 1.06 bits per heavy atom. The van der Waals surface area contributed by atoms with Gasteiger partial charge in [-0.1, -0.05) is 34.8 Å². The molecule has 0 aromatic carbocycles. The van der Waals surface area contributed by atoms with Gasteiger partial charge in [0.2, 0.25) is 0 Å². The van der Waals surface area contributed by atoms with E-state index in [4.69, 9.17) is 55.7 Å². The summed E-state index contributed by atoms with van der Waals surface area (Å²) in [5, 5.41) is 8.67. The molecule has 0 bridgehead atoms. The van der Waals surface area contributed by atoms with Crippen LogP contribution in [0.5, 0.6) is 0 Å². The molecule has 37 heteroatoms. The van der Waals surface area contributed by atoms with Gasteiger partial charge in [0, 0.05) is 90.2 Å². The molecule has 5 aromatic rings. The quantitative estimate of drug-likeness (QED) is 0.0959. The first kappa shape index (κ1) is 67.5. The predicted molar refractivity (Wildman–Crippen MR) is 300 cm³/mol. The number of nitrogen functional groups attached to an aromatic ring is 1. The van der Waals surface area contributed by atoms with Gasteiger partial charge in [-0.05, 0) is 62.2 Å². The summed E-state index contributed by atoms with van der Waals surface area (Å²) in [4.78, 5) is 93.1. The van der Waals surface area contributed by atoms with Crippen molar-refractivity contribution in [1.82, 2.24) is 59.4 Å². The van der Waals surface area contributed by atoms with Crippen LogP contribution in [0.25, 0.3) is 0 Å². The summed E-state index contributed by atoms with van der Waals surface area (Å²) in [5.74, 6) is -1.48. The molecule has 6 aliphatic heterocycles. The van der Waals surface area contributed by atoms with Gasteiger partial charge in [0.25, 0.3) is 34.4 Å². The summed E-state index contributed by atoms with van der Waals surface area (Å²) in [6.45, 7) is -0.584. The second kappa shape index (κ2) is 27.6. The Kier molecular flexibility index (Phi) is 21.7. The van der Waals surface area contributed by atoms with Gasteiger partial charge in [-0.2, -0.15) is 39.5 Å². The highest BCUT2D eigenvalue weighted by molar-refractivity contribution is 9.10. The van der Waals surface area contributed by atoms with Crippen molar-refractivity contribution >= 4 is 102 Å². The minimum absolute atomic E-state index is 0.00850. The first-order valence-electron chi connectivity index (χ1n) is 25.5. The molecular formula is C49H51Br2Cl3F9N15O8. The van der Waals surface area contributed by atoms with Crippen molar-refractivity contribution in [3.05, 3.63) is 128 Å². The van der Waals surface area contributed by atoms with Crippen molar-refractivity contribution in [3.63, 3.8) is 0 Å². The molecule has 11 heterocycles. The Bertz CT molecular complexity index is 3430. The number of carbonyl (C=O) groups is 3. The standard InChI is InChI=1S/C17H16ClF3N6O2.C13H12BrClF3N3O2.C9H14F3NO2.C6H4BrClN2O2.C4H5N3/c18-10-7-11(24-12-1-4-22-9-23-12)15(29)27-13(10)14(28)25-16(27)2-5-26(6-3-16)8-17(19,20)21;14-7-5-8(15)9-10(22)19-12(21(9)11(7)23)1-3-20(4-2-12)6-13(16,17)18;10-9(11,12)7-13-3-1-8(2-4-13)14-5-6-15-8;7-2-1-3(8)4(5(9)11)10-6(2)12;5-4-1-2-6-3-7-4/h1,4,7,9H,2-3,5-6,8H2,(H,25,28)(H,22,23,24);5H,1-4,6H2,(H,19,22);1-7H2;1H,(H2,9,11)(H,10,12);1-3H,(H2,5,6,7). The molecule has 0 saturated carbocycles. The van der Waals surface area contributed by atoms with Crippen molar-refractivity contribution in [2.24, 2.45) is 5.73 Å². The number of amides is 3. The number of nitrogens with two attached hydrogens (primary N) is 2. The van der Waals surface area contributed by atoms with Gasteiger partial charge in [0.15, 0.2) is 5.79 Å². The van der Waals surface area contributed by atoms with Gasteiger partial charge < -0.3 is 41.9 Å². The number of aromatic nitrogens is 7. The van der Waals surface area contributed by atoms with Crippen molar-refractivity contribution in [2.75, 3.05) is 83.2 Å². The molecule has 0 unspecified atom stereocenters. The number of piperidine rings is 3. The SMILES string of the molecule is FC(F)(F)CN1CCC2(CC1)OCCO2.NC(=O)c1[nH]c(=O)c(Br)cc1Cl.Nc1ccncn1.O=C1NC2(CCN(CC(F)(F)F)CC2)n2c1c(Cl)cc(Br)c2=O.O=C1NC2(CCN(CC(F)(F)F)CC2)n2c1c(Cl)cc(Nc1ccncn1)c2=O. The van der Waals surface area contributed by atoms with Crippen LogP contribution in [0.2, 0.25) is 15.1 Å². The lowest BCUT2D eigenvalue weighted by Crippen LogP contribution is -2.55. The number of nitrogens with one attached hydrogen (secondary N) is 4. The number of ether oxygens (including phenoxy) is 2. The zero-order chi connectivity index (χ0) is 63.2. The number of pyridine rings is 3. The molecular weight excluding hydrogens is 1360 g/mol. The van der Waals surface area contributed by atoms with E-state index in [1.807, 2.05) is 0 Å². The molecule has 0 radical (unpaired) electrons. The van der Waals surface area contributed by atoms with Gasteiger partial charge >= 0.3 is 18.5 Å². The van der Waals surface area contributed by atoms with Crippen LogP contribution >= 0.6 is 66.7 Å². The second-order valence-corrected chi connectivity index (χ2v) is 22.8. The molecule has 468 valence electrons. The largest absolute Gasteiger partial charge is 0.401 e. The number of H-pyrrole nitrogens is 1. The molecule has 5 aromatic heterocycles. The molecule has 11 rings (SSSR count). The van der Waals surface area contributed by atoms with E-state index < -0.39 is 89.7 Å². The summed E-state index contributed by atoms with van der Waals surface area (Å²) in [5.41, 5.74) is 6.73. The molecule has 4 fully saturated rings. The third-order valence-electron chi connectivity index (χ3n) is 13.9. The van der Waals surface area contributed by atoms with Crippen LogP contribution in [0.1, 0.15) is 70.0 Å².